The molecular formula is C26H24ClN3O2S. The van der Waals surface area contributed by atoms with Gasteiger partial charge in [0.25, 0.3) is 5.56 Å². The van der Waals surface area contributed by atoms with Crippen LogP contribution in [0.5, 0.6) is 0 Å². The van der Waals surface area contributed by atoms with Gasteiger partial charge in [-0.05, 0) is 68.9 Å². The summed E-state index contributed by atoms with van der Waals surface area (Å²) >= 11 is 7.83. The van der Waals surface area contributed by atoms with Gasteiger partial charge in [0.15, 0.2) is 0 Å². The topological polar surface area (TPSA) is 64.0 Å². The Balaban J connectivity index is 1.61. The summed E-state index contributed by atoms with van der Waals surface area (Å²) < 4.78 is 1.52. The van der Waals surface area contributed by atoms with E-state index in [9.17, 15) is 9.59 Å². The number of thiophene rings is 1. The summed E-state index contributed by atoms with van der Waals surface area (Å²) in [6.07, 6.45) is 4.10. The maximum absolute atomic E-state index is 13.8. The van der Waals surface area contributed by atoms with E-state index in [2.05, 4.69) is 5.32 Å². The number of halogens is 1. The maximum atomic E-state index is 13.8. The van der Waals surface area contributed by atoms with Gasteiger partial charge >= 0.3 is 0 Å². The predicted molar refractivity (Wildman–Crippen MR) is 136 cm³/mol. The number of carbonyl (C=O) groups is 1. The molecule has 2 heterocycles. The number of hydrogen-bond donors (Lipinski definition) is 1. The summed E-state index contributed by atoms with van der Waals surface area (Å²) in [5.74, 6) is 0.225. The van der Waals surface area contributed by atoms with E-state index in [1.165, 1.54) is 9.44 Å². The highest BCUT2D eigenvalue weighted by Gasteiger charge is 2.23. The first-order valence-corrected chi connectivity index (χ1v) is 12.3. The zero-order valence-corrected chi connectivity index (χ0v) is 20.1. The monoisotopic (exact) mass is 477 g/mol. The van der Waals surface area contributed by atoms with Crippen molar-refractivity contribution in [3.8, 4) is 11.4 Å². The first kappa shape index (κ1) is 21.9. The zero-order chi connectivity index (χ0) is 23.1. The average molecular weight is 478 g/mol. The first-order valence-electron chi connectivity index (χ1n) is 11.1. The SMILES string of the molecule is Cc1cccc(-c2nc3sc4c(c3c(=O)n2CC(=O)Nc2ccc(C)c(Cl)c2)CCCC4)c1. The maximum Gasteiger partial charge on any atom is 0.263 e. The predicted octanol–water partition coefficient (Wildman–Crippen LogP) is 5.91. The van der Waals surface area contributed by atoms with Crippen LogP contribution in [-0.4, -0.2) is 15.5 Å². The van der Waals surface area contributed by atoms with Gasteiger partial charge in [0.05, 0.1) is 5.39 Å². The quantitative estimate of drug-likeness (QED) is 0.397. The van der Waals surface area contributed by atoms with Crippen LogP contribution in [0.25, 0.3) is 21.6 Å². The van der Waals surface area contributed by atoms with Crippen LogP contribution in [-0.2, 0) is 24.2 Å². The van der Waals surface area contributed by atoms with Crippen molar-refractivity contribution >= 4 is 44.7 Å². The van der Waals surface area contributed by atoms with Gasteiger partial charge in [-0.15, -0.1) is 11.3 Å². The van der Waals surface area contributed by atoms with Gasteiger partial charge in [0, 0.05) is 21.2 Å². The van der Waals surface area contributed by atoms with Crippen LogP contribution in [0.2, 0.25) is 5.02 Å². The molecule has 0 unspecified atom stereocenters. The van der Waals surface area contributed by atoms with Gasteiger partial charge in [-0.2, -0.15) is 0 Å². The van der Waals surface area contributed by atoms with Crippen LogP contribution < -0.4 is 10.9 Å². The van der Waals surface area contributed by atoms with Gasteiger partial charge in [0.1, 0.15) is 17.2 Å². The second-order valence-corrected chi connectivity index (χ2v) is 10.1. The number of amides is 1. The van der Waals surface area contributed by atoms with E-state index < -0.39 is 0 Å². The fourth-order valence-electron chi connectivity index (χ4n) is 4.40. The van der Waals surface area contributed by atoms with Gasteiger partial charge in [-0.3, -0.25) is 14.2 Å². The Hall–Kier alpha value is -2.96. The summed E-state index contributed by atoms with van der Waals surface area (Å²) in [7, 11) is 0. The highest BCUT2D eigenvalue weighted by Crippen LogP contribution is 2.35. The third-order valence-corrected chi connectivity index (χ3v) is 7.70. The minimum Gasteiger partial charge on any atom is -0.324 e. The zero-order valence-electron chi connectivity index (χ0n) is 18.6. The highest BCUT2D eigenvalue weighted by atomic mass is 35.5. The lowest BCUT2D eigenvalue weighted by molar-refractivity contribution is -0.116. The summed E-state index contributed by atoms with van der Waals surface area (Å²) in [6, 6.07) is 13.3. The van der Waals surface area contributed by atoms with Crippen LogP contribution in [0.15, 0.2) is 47.3 Å². The fraction of sp³-hybridized carbons (Fsp3) is 0.269. The number of benzene rings is 2. The molecule has 4 aromatic rings. The van der Waals surface area contributed by atoms with Crippen molar-refractivity contribution in [3.05, 3.63) is 79.4 Å². The van der Waals surface area contributed by atoms with Crippen molar-refractivity contribution in [2.24, 2.45) is 0 Å². The standard InChI is InChI=1S/C26H24ClN3O2S/c1-15-6-5-7-17(12-15)24-29-25-23(19-8-3-4-9-21(19)33-25)26(32)30(24)14-22(31)28-18-11-10-16(2)20(27)13-18/h5-7,10-13H,3-4,8-9,14H2,1-2H3,(H,28,31). The number of hydrogen-bond acceptors (Lipinski definition) is 4. The molecule has 1 aliphatic carbocycles. The molecule has 2 aromatic heterocycles. The number of nitrogens with one attached hydrogen (secondary N) is 1. The number of aromatic nitrogens is 2. The smallest absolute Gasteiger partial charge is 0.263 e. The van der Waals surface area contributed by atoms with E-state index in [-0.39, 0.29) is 18.0 Å². The molecule has 0 bridgehead atoms. The molecule has 1 N–H and O–H groups in total. The molecule has 0 atom stereocenters. The number of carbonyl (C=O) groups excluding carboxylic acids is 1. The lowest BCUT2D eigenvalue weighted by atomic mass is 9.97. The molecule has 0 saturated heterocycles. The van der Waals surface area contributed by atoms with E-state index in [1.54, 1.807) is 23.5 Å². The van der Waals surface area contributed by atoms with Crippen LogP contribution in [0.3, 0.4) is 0 Å². The van der Waals surface area contributed by atoms with Crippen LogP contribution in [0.4, 0.5) is 5.69 Å². The average Bonchev–Trinajstić information content (AvgIpc) is 3.17. The summed E-state index contributed by atoms with van der Waals surface area (Å²) in [4.78, 5) is 33.7. The number of rotatable bonds is 4. The molecule has 7 heteroatoms. The molecule has 5 rings (SSSR count). The van der Waals surface area contributed by atoms with Crippen molar-refractivity contribution in [2.45, 2.75) is 46.1 Å². The second kappa shape index (κ2) is 8.76. The molecular weight excluding hydrogens is 454 g/mol. The Bertz CT molecular complexity index is 1450. The molecule has 0 aliphatic heterocycles. The van der Waals surface area contributed by atoms with E-state index in [4.69, 9.17) is 16.6 Å². The largest absolute Gasteiger partial charge is 0.324 e. The van der Waals surface area contributed by atoms with Crippen molar-refractivity contribution in [2.75, 3.05) is 5.32 Å². The molecule has 0 fully saturated rings. The molecule has 168 valence electrons. The Kier molecular flexibility index (Phi) is 5.81. The fourth-order valence-corrected chi connectivity index (χ4v) is 5.84. The Morgan fingerprint density at radius 2 is 1.97 bits per heavy atom. The summed E-state index contributed by atoms with van der Waals surface area (Å²) in [6.45, 7) is 3.79. The second-order valence-electron chi connectivity index (χ2n) is 8.60. The molecule has 0 radical (unpaired) electrons. The lowest BCUT2D eigenvalue weighted by Crippen LogP contribution is -2.30. The van der Waals surface area contributed by atoms with Crippen LogP contribution in [0, 0.1) is 13.8 Å². The molecule has 0 spiro atoms. The third-order valence-electron chi connectivity index (χ3n) is 6.11. The summed E-state index contributed by atoms with van der Waals surface area (Å²) in [5, 5.41) is 4.13. The van der Waals surface area contributed by atoms with Crippen molar-refractivity contribution in [3.63, 3.8) is 0 Å². The van der Waals surface area contributed by atoms with E-state index in [0.29, 0.717) is 21.9 Å². The third kappa shape index (κ3) is 4.21. The molecule has 2 aromatic carbocycles. The van der Waals surface area contributed by atoms with Crippen molar-refractivity contribution < 1.29 is 4.79 Å². The molecule has 5 nitrogen and oxygen atoms in total. The first-order chi connectivity index (χ1) is 15.9. The highest BCUT2D eigenvalue weighted by molar-refractivity contribution is 7.18. The lowest BCUT2D eigenvalue weighted by Gasteiger charge is -2.14. The minimum absolute atomic E-state index is 0.124. The molecule has 33 heavy (non-hydrogen) atoms. The number of nitrogens with zero attached hydrogens (tertiary/aromatic N) is 2. The number of anilines is 1. The summed E-state index contributed by atoms with van der Waals surface area (Å²) in [5.41, 5.74) is 4.40. The molecule has 0 saturated carbocycles. The Morgan fingerprint density at radius 1 is 1.15 bits per heavy atom. The van der Waals surface area contributed by atoms with Crippen LogP contribution >= 0.6 is 22.9 Å². The Morgan fingerprint density at radius 3 is 2.76 bits per heavy atom. The van der Waals surface area contributed by atoms with E-state index in [0.717, 1.165) is 52.8 Å². The van der Waals surface area contributed by atoms with Crippen molar-refractivity contribution in [1.82, 2.24) is 9.55 Å². The minimum atomic E-state index is -0.295. The van der Waals surface area contributed by atoms with Gasteiger partial charge in [0.2, 0.25) is 5.91 Å². The van der Waals surface area contributed by atoms with E-state index in [1.807, 2.05) is 44.2 Å². The molecule has 1 amide bonds. The van der Waals surface area contributed by atoms with Gasteiger partial charge in [-0.1, -0.05) is 41.4 Å². The Labute approximate surface area is 201 Å². The van der Waals surface area contributed by atoms with Gasteiger partial charge in [-0.25, -0.2) is 4.98 Å². The number of aryl methyl sites for hydroxylation is 4. The van der Waals surface area contributed by atoms with Crippen LogP contribution in [0.1, 0.15) is 34.4 Å². The molecule has 1 aliphatic rings. The van der Waals surface area contributed by atoms with E-state index >= 15 is 0 Å². The van der Waals surface area contributed by atoms with Gasteiger partial charge < -0.3 is 5.32 Å². The number of fused-ring (bicyclic) bond motifs is 3. The van der Waals surface area contributed by atoms with Crippen molar-refractivity contribution in [1.29, 1.82) is 0 Å². The normalized spacial score (nSPS) is 13.2.